The fraction of sp³-hybridized carbons (Fsp3) is 0.353. The Labute approximate surface area is 119 Å². The Hall–Kier alpha value is -2.03. The predicted octanol–water partition coefficient (Wildman–Crippen LogP) is 3.76. The number of aliphatic imine (C=N–C) groups is 1. The SMILES string of the molecule is CN1C(N2CCCCC2)=Nc2cccc3cccc1c23. The van der Waals surface area contributed by atoms with E-state index < -0.39 is 0 Å². The van der Waals surface area contributed by atoms with Crippen molar-refractivity contribution in [2.45, 2.75) is 19.3 Å². The number of rotatable bonds is 0. The minimum absolute atomic E-state index is 1.11. The number of guanidine groups is 1. The molecule has 0 aliphatic carbocycles. The topological polar surface area (TPSA) is 18.8 Å². The maximum Gasteiger partial charge on any atom is 0.206 e. The number of hydrogen-bond acceptors (Lipinski definition) is 3. The largest absolute Gasteiger partial charge is 0.342 e. The third-order valence-electron chi connectivity index (χ3n) is 4.38. The first-order valence-corrected chi connectivity index (χ1v) is 7.44. The number of piperidine rings is 1. The second kappa shape index (κ2) is 4.51. The van der Waals surface area contributed by atoms with Gasteiger partial charge in [0, 0.05) is 25.5 Å². The van der Waals surface area contributed by atoms with Gasteiger partial charge in [-0.2, -0.15) is 0 Å². The monoisotopic (exact) mass is 265 g/mol. The highest BCUT2D eigenvalue weighted by Crippen LogP contribution is 2.38. The minimum atomic E-state index is 1.11. The van der Waals surface area contributed by atoms with E-state index in [2.05, 4.69) is 53.2 Å². The normalized spacial score (nSPS) is 18.4. The summed E-state index contributed by atoms with van der Waals surface area (Å²) in [7, 11) is 2.14. The Morgan fingerprint density at radius 1 is 0.950 bits per heavy atom. The van der Waals surface area contributed by atoms with Gasteiger partial charge in [0.1, 0.15) is 0 Å². The standard InChI is InChI=1S/C17H19N3/c1-19-15-10-6-8-13-7-5-9-14(16(13)15)18-17(19)20-11-3-2-4-12-20/h5-10H,2-4,11-12H2,1H3. The van der Waals surface area contributed by atoms with Crippen LogP contribution in [0.3, 0.4) is 0 Å². The first-order chi connectivity index (χ1) is 9.84. The summed E-state index contributed by atoms with van der Waals surface area (Å²) in [4.78, 5) is 9.62. The van der Waals surface area contributed by atoms with E-state index >= 15 is 0 Å². The summed E-state index contributed by atoms with van der Waals surface area (Å²) in [6.07, 6.45) is 3.90. The molecule has 2 aliphatic rings. The highest BCUT2D eigenvalue weighted by molar-refractivity contribution is 6.13. The van der Waals surface area contributed by atoms with Gasteiger partial charge >= 0.3 is 0 Å². The van der Waals surface area contributed by atoms with Gasteiger partial charge in [-0.3, -0.25) is 0 Å². The summed E-state index contributed by atoms with van der Waals surface area (Å²) in [6.45, 7) is 2.25. The van der Waals surface area contributed by atoms with Crippen LogP contribution >= 0.6 is 0 Å². The lowest BCUT2D eigenvalue weighted by atomic mass is 10.0. The Balaban J connectivity index is 1.87. The van der Waals surface area contributed by atoms with E-state index in [-0.39, 0.29) is 0 Å². The van der Waals surface area contributed by atoms with Crippen molar-refractivity contribution in [3.63, 3.8) is 0 Å². The van der Waals surface area contributed by atoms with Crippen LogP contribution in [0, 0.1) is 0 Å². The van der Waals surface area contributed by atoms with Gasteiger partial charge in [-0.05, 0) is 36.8 Å². The third-order valence-corrected chi connectivity index (χ3v) is 4.38. The van der Waals surface area contributed by atoms with Gasteiger partial charge in [-0.25, -0.2) is 4.99 Å². The molecule has 2 heterocycles. The second-order valence-corrected chi connectivity index (χ2v) is 5.67. The van der Waals surface area contributed by atoms with Crippen LogP contribution < -0.4 is 4.90 Å². The molecule has 0 aromatic heterocycles. The molecular weight excluding hydrogens is 246 g/mol. The molecule has 1 saturated heterocycles. The Bertz CT molecular complexity index is 678. The van der Waals surface area contributed by atoms with Gasteiger partial charge in [-0.1, -0.05) is 24.3 Å². The highest BCUT2D eigenvalue weighted by Gasteiger charge is 2.24. The lowest BCUT2D eigenvalue weighted by Gasteiger charge is -2.37. The molecule has 102 valence electrons. The lowest BCUT2D eigenvalue weighted by molar-refractivity contribution is 0.338. The fourth-order valence-electron chi connectivity index (χ4n) is 3.34. The zero-order valence-electron chi connectivity index (χ0n) is 11.8. The molecule has 0 N–H and O–H groups in total. The van der Waals surface area contributed by atoms with E-state index in [0.29, 0.717) is 0 Å². The van der Waals surface area contributed by atoms with Crippen LogP contribution in [0.1, 0.15) is 19.3 Å². The van der Waals surface area contributed by atoms with Crippen molar-refractivity contribution >= 4 is 28.1 Å². The maximum atomic E-state index is 4.94. The summed E-state index contributed by atoms with van der Waals surface area (Å²) in [5.74, 6) is 1.11. The van der Waals surface area contributed by atoms with Gasteiger partial charge < -0.3 is 9.80 Å². The van der Waals surface area contributed by atoms with Crippen LogP contribution in [0.4, 0.5) is 11.4 Å². The minimum Gasteiger partial charge on any atom is -0.342 e. The molecule has 2 aromatic rings. The summed E-state index contributed by atoms with van der Waals surface area (Å²) >= 11 is 0. The first kappa shape index (κ1) is 11.8. The molecule has 0 amide bonds. The predicted molar refractivity (Wildman–Crippen MR) is 84.9 cm³/mol. The molecule has 0 atom stereocenters. The van der Waals surface area contributed by atoms with Crippen molar-refractivity contribution in [2.24, 2.45) is 4.99 Å². The molecule has 0 saturated carbocycles. The van der Waals surface area contributed by atoms with Gasteiger partial charge in [-0.15, -0.1) is 0 Å². The number of benzene rings is 2. The zero-order chi connectivity index (χ0) is 13.5. The number of likely N-dealkylation sites (tertiary alicyclic amines) is 1. The van der Waals surface area contributed by atoms with E-state index in [4.69, 9.17) is 4.99 Å². The molecule has 0 spiro atoms. The van der Waals surface area contributed by atoms with Crippen LogP contribution in [0.2, 0.25) is 0 Å². The van der Waals surface area contributed by atoms with Crippen molar-refractivity contribution in [3.8, 4) is 0 Å². The summed E-state index contributed by atoms with van der Waals surface area (Å²) < 4.78 is 0. The lowest BCUT2D eigenvalue weighted by Crippen LogP contribution is -2.45. The van der Waals surface area contributed by atoms with E-state index in [9.17, 15) is 0 Å². The van der Waals surface area contributed by atoms with Gasteiger partial charge in [0.05, 0.1) is 11.4 Å². The van der Waals surface area contributed by atoms with E-state index in [1.54, 1.807) is 0 Å². The number of anilines is 1. The molecule has 3 nitrogen and oxygen atoms in total. The van der Waals surface area contributed by atoms with Crippen LogP contribution in [-0.2, 0) is 0 Å². The summed E-state index contributed by atoms with van der Waals surface area (Å²) in [6, 6.07) is 12.9. The molecule has 0 bridgehead atoms. The third kappa shape index (κ3) is 1.69. The highest BCUT2D eigenvalue weighted by atomic mass is 15.4. The molecule has 0 unspecified atom stereocenters. The quantitative estimate of drug-likeness (QED) is 0.722. The zero-order valence-corrected chi connectivity index (χ0v) is 11.8. The van der Waals surface area contributed by atoms with Crippen LogP contribution in [-0.4, -0.2) is 31.0 Å². The van der Waals surface area contributed by atoms with Gasteiger partial charge in [0.15, 0.2) is 0 Å². The molecule has 20 heavy (non-hydrogen) atoms. The average molecular weight is 265 g/mol. The Morgan fingerprint density at radius 3 is 2.50 bits per heavy atom. The molecule has 0 radical (unpaired) electrons. The number of hydrogen-bond donors (Lipinski definition) is 0. The van der Waals surface area contributed by atoms with E-state index in [1.165, 1.54) is 35.7 Å². The Kier molecular flexibility index (Phi) is 2.66. The molecule has 2 aromatic carbocycles. The summed E-state index contributed by atoms with van der Waals surface area (Å²) in [5, 5.41) is 2.55. The van der Waals surface area contributed by atoms with Crippen molar-refractivity contribution in [2.75, 3.05) is 25.0 Å². The molecule has 2 aliphatic heterocycles. The fourth-order valence-corrected chi connectivity index (χ4v) is 3.34. The first-order valence-electron chi connectivity index (χ1n) is 7.44. The van der Waals surface area contributed by atoms with Crippen molar-refractivity contribution < 1.29 is 0 Å². The molecule has 4 rings (SSSR count). The molecule has 1 fully saturated rings. The van der Waals surface area contributed by atoms with Crippen LogP contribution in [0.5, 0.6) is 0 Å². The summed E-state index contributed by atoms with van der Waals surface area (Å²) in [5.41, 5.74) is 2.38. The van der Waals surface area contributed by atoms with Gasteiger partial charge in [0.25, 0.3) is 0 Å². The maximum absolute atomic E-state index is 4.94. The van der Waals surface area contributed by atoms with Crippen LogP contribution in [0.15, 0.2) is 41.4 Å². The average Bonchev–Trinajstić information content (AvgIpc) is 2.52. The van der Waals surface area contributed by atoms with Crippen LogP contribution in [0.25, 0.3) is 10.8 Å². The van der Waals surface area contributed by atoms with Gasteiger partial charge in [0.2, 0.25) is 5.96 Å². The van der Waals surface area contributed by atoms with E-state index in [0.717, 1.165) is 24.7 Å². The van der Waals surface area contributed by atoms with Crippen molar-refractivity contribution in [1.82, 2.24) is 4.90 Å². The number of nitrogens with zero attached hydrogens (tertiary/aromatic N) is 3. The second-order valence-electron chi connectivity index (χ2n) is 5.67. The van der Waals surface area contributed by atoms with Crippen molar-refractivity contribution in [3.05, 3.63) is 36.4 Å². The molecular formula is C17H19N3. The molecule has 3 heteroatoms. The van der Waals surface area contributed by atoms with Crippen molar-refractivity contribution in [1.29, 1.82) is 0 Å². The van der Waals surface area contributed by atoms with E-state index in [1.807, 2.05) is 0 Å². The smallest absolute Gasteiger partial charge is 0.206 e. The Morgan fingerprint density at radius 2 is 1.70 bits per heavy atom.